The van der Waals surface area contributed by atoms with Crippen molar-refractivity contribution in [1.82, 2.24) is 0 Å². The molecule has 0 saturated heterocycles. The van der Waals surface area contributed by atoms with E-state index >= 15 is 0 Å². The van der Waals surface area contributed by atoms with E-state index in [2.05, 4.69) is 15.9 Å². The molecule has 2 rings (SSSR count). The number of phenols is 1. The lowest BCUT2D eigenvalue weighted by atomic mass is 10.1. The second kappa shape index (κ2) is 3.27. The van der Waals surface area contributed by atoms with Gasteiger partial charge >= 0.3 is 5.63 Å². The molecule has 1 aromatic heterocycles. The summed E-state index contributed by atoms with van der Waals surface area (Å²) in [4.78, 5) is 11.3. The van der Waals surface area contributed by atoms with Gasteiger partial charge in [0.15, 0.2) is 0 Å². The van der Waals surface area contributed by atoms with Crippen molar-refractivity contribution in [2.75, 3.05) is 5.73 Å². The third-order valence-corrected chi connectivity index (χ3v) is 3.16. The Labute approximate surface area is 93.4 Å². The van der Waals surface area contributed by atoms with Crippen LogP contribution in [0.1, 0.15) is 5.56 Å². The number of phenolic OH excluding ortho intramolecular Hbond substituents is 1. The van der Waals surface area contributed by atoms with Gasteiger partial charge in [-0.05, 0) is 34.5 Å². The van der Waals surface area contributed by atoms with Crippen LogP contribution in [0.5, 0.6) is 5.75 Å². The lowest BCUT2D eigenvalue weighted by Crippen LogP contribution is -2.02. The molecule has 15 heavy (non-hydrogen) atoms. The largest absolute Gasteiger partial charge is 0.506 e. The number of hydrogen-bond acceptors (Lipinski definition) is 4. The molecule has 2 aromatic rings. The maximum Gasteiger partial charge on any atom is 0.350 e. The minimum atomic E-state index is -0.468. The number of anilines is 1. The molecule has 0 atom stereocenters. The number of nitrogen functional groups attached to an aromatic ring is 1. The van der Waals surface area contributed by atoms with Crippen molar-refractivity contribution in [2.45, 2.75) is 6.92 Å². The zero-order chi connectivity index (χ0) is 11.2. The highest BCUT2D eigenvalue weighted by molar-refractivity contribution is 9.10. The molecule has 0 amide bonds. The number of aromatic hydroxyl groups is 1. The Morgan fingerprint density at radius 3 is 2.80 bits per heavy atom. The predicted octanol–water partition coefficient (Wildman–Crippen LogP) is 2.15. The molecule has 4 nitrogen and oxygen atoms in total. The number of nitrogens with two attached hydrogens (primary N) is 1. The summed E-state index contributed by atoms with van der Waals surface area (Å²) in [6.07, 6.45) is 0. The molecule has 0 bridgehead atoms. The first-order valence-electron chi connectivity index (χ1n) is 4.22. The van der Waals surface area contributed by atoms with Gasteiger partial charge in [0, 0.05) is 11.5 Å². The normalized spacial score (nSPS) is 10.8. The third kappa shape index (κ3) is 1.48. The van der Waals surface area contributed by atoms with Crippen molar-refractivity contribution in [3.05, 3.63) is 32.6 Å². The lowest BCUT2D eigenvalue weighted by Gasteiger charge is -2.05. The average molecular weight is 270 g/mol. The molecule has 1 aromatic carbocycles. The highest BCUT2D eigenvalue weighted by Crippen LogP contribution is 2.30. The van der Waals surface area contributed by atoms with Crippen LogP contribution in [-0.2, 0) is 0 Å². The van der Waals surface area contributed by atoms with Gasteiger partial charge in [-0.15, -0.1) is 0 Å². The molecular weight excluding hydrogens is 262 g/mol. The van der Waals surface area contributed by atoms with Crippen molar-refractivity contribution >= 4 is 32.6 Å². The van der Waals surface area contributed by atoms with Gasteiger partial charge in [-0.3, -0.25) is 0 Å². The number of hydrogen-bond donors (Lipinski definition) is 2. The summed E-state index contributed by atoms with van der Waals surface area (Å²) in [6, 6.07) is 2.92. The minimum Gasteiger partial charge on any atom is -0.506 e. The van der Waals surface area contributed by atoms with E-state index in [1.165, 1.54) is 6.07 Å². The minimum absolute atomic E-state index is 0.0904. The predicted molar refractivity (Wildman–Crippen MR) is 61.0 cm³/mol. The second-order valence-electron chi connectivity index (χ2n) is 3.24. The van der Waals surface area contributed by atoms with Crippen LogP contribution < -0.4 is 11.4 Å². The van der Waals surface area contributed by atoms with E-state index in [-0.39, 0.29) is 11.4 Å². The van der Waals surface area contributed by atoms with Crippen molar-refractivity contribution in [2.24, 2.45) is 0 Å². The molecule has 5 heteroatoms. The number of fused-ring (bicyclic) bond motifs is 1. The number of rotatable bonds is 0. The van der Waals surface area contributed by atoms with Gasteiger partial charge in [0.2, 0.25) is 0 Å². The quantitative estimate of drug-likeness (QED) is 0.437. The number of halogens is 1. The van der Waals surface area contributed by atoms with E-state index in [0.29, 0.717) is 15.4 Å². The van der Waals surface area contributed by atoms with Gasteiger partial charge in [-0.1, -0.05) is 0 Å². The Morgan fingerprint density at radius 2 is 2.13 bits per heavy atom. The molecule has 0 fully saturated rings. The van der Waals surface area contributed by atoms with Gasteiger partial charge in [0.25, 0.3) is 0 Å². The smallest absolute Gasteiger partial charge is 0.350 e. The fourth-order valence-corrected chi connectivity index (χ4v) is 1.67. The summed E-state index contributed by atoms with van der Waals surface area (Å²) >= 11 is 3.13. The zero-order valence-electron chi connectivity index (χ0n) is 7.87. The third-order valence-electron chi connectivity index (χ3n) is 2.24. The van der Waals surface area contributed by atoms with E-state index in [1.54, 1.807) is 13.0 Å². The van der Waals surface area contributed by atoms with E-state index in [9.17, 15) is 9.90 Å². The van der Waals surface area contributed by atoms with Crippen LogP contribution in [-0.4, -0.2) is 5.11 Å². The first-order chi connectivity index (χ1) is 7.00. The molecule has 78 valence electrons. The highest BCUT2D eigenvalue weighted by atomic mass is 79.9. The summed E-state index contributed by atoms with van der Waals surface area (Å²) in [6.45, 7) is 1.78. The summed E-state index contributed by atoms with van der Waals surface area (Å²) in [5.74, 6) is -0.0904. The van der Waals surface area contributed by atoms with Crippen molar-refractivity contribution in [3.8, 4) is 5.75 Å². The standard InChI is InChI=1S/C10H8BrNO3/c1-4-5-2-6(12)7(13)3-8(5)15-10(14)9(4)11/h2-3,13H,12H2,1H3. The second-order valence-corrected chi connectivity index (χ2v) is 4.03. The Hall–Kier alpha value is -1.49. The summed E-state index contributed by atoms with van der Waals surface area (Å²) < 4.78 is 5.37. The van der Waals surface area contributed by atoms with Crippen LogP contribution in [0.3, 0.4) is 0 Å². The van der Waals surface area contributed by atoms with Gasteiger partial charge in [0.1, 0.15) is 15.8 Å². The first kappa shape index (κ1) is 10.0. The molecule has 0 saturated carbocycles. The SMILES string of the molecule is Cc1c(Br)c(=O)oc2cc(O)c(N)cc12. The summed E-state index contributed by atoms with van der Waals surface area (Å²) in [5.41, 5.74) is 6.42. The van der Waals surface area contributed by atoms with Crippen molar-refractivity contribution in [1.29, 1.82) is 0 Å². The van der Waals surface area contributed by atoms with Gasteiger partial charge in [-0.2, -0.15) is 0 Å². The van der Waals surface area contributed by atoms with E-state index in [4.69, 9.17) is 10.2 Å². The maximum atomic E-state index is 11.3. The Kier molecular flexibility index (Phi) is 2.19. The Morgan fingerprint density at radius 1 is 1.47 bits per heavy atom. The topological polar surface area (TPSA) is 76.5 Å². The lowest BCUT2D eigenvalue weighted by molar-refractivity contribution is 0.475. The molecule has 0 aliphatic heterocycles. The van der Waals surface area contributed by atoms with E-state index in [0.717, 1.165) is 5.56 Å². The van der Waals surface area contributed by atoms with Gasteiger partial charge in [-0.25, -0.2) is 4.79 Å². The maximum absolute atomic E-state index is 11.3. The fourth-order valence-electron chi connectivity index (χ4n) is 1.38. The number of aryl methyl sites for hydroxylation is 1. The van der Waals surface area contributed by atoms with E-state index < -0.39 is 5.63 Å². The van der Waals surface area contributed by atoms with Crippen LogP contribution in [0.25, 0.3) is 11.0 Å². The van der Waals surface area contributed by atoms with Crippen LogP contribution in [0.2, 0.25) is 0 Å². The fraction of sp³-hybridized carbons (Fsp3) is 0.100. The van der Waals surface area contributed by atoms with Gasteiger partial charge < -0.3 is 15.3 Å². The highest BCUT2D eigenvalue weighted by Gasteiger charge is 2.10. The van der Waals surface area contributed by atoms with Crippen molar-refractivity contribution < 1.29 is 9.52 Å². The Bertz CT molecular complexity index is 604. The first-order valence-corrected chi connectivity index (χ1v) is 5.01. The average Bonchev–Trinajstić information content (AvgIpc) is 2.19. The van der Waals surface area contributed by atoms with Crippen LogP contribution >= 0.6 is 15.9 Å². The molecule has 1 heterocycles. The molecule has 0 radical (unpaired) electrons. The molecule has 0 unspecified atom stereocenters. The zero-order valence-corrected chi connectivity index (χ0v) is 9.46. The van der Waals surface area contributed by atoms with Crippen LogP contribution in [0.15, 0.2) is 25.8 Å². The molecule has 0 aliphatic carbocycles. The monoisotopic (exact) mass is 269 g/mol. The molecule has 0 spiro atoms. The summed E-state index contributed by atoms with van der Waals surface area (Å²) in [5, 5.41) is 10.1. The number of benzene rings is 1. The van der Waals surface area contributed by atoms with Crippen LogP contribution in [0, 0.1) is 6.92 Å². The molecular formula is C10H8BrNO3. The molecule has 3 N–H and O–H groups in total. The van der Waals surface area contributed by atoms with Crippen LogP contribution in [0.4, 0.5) is 5.69 Å². The van der Waals surface area contributed by atoms with Gasteiger partial charge in [0.05, 0.1) is 5.69 Å². The van der Waals surface area contributed by atoms with Crippen molar-refractivity contribution in [3.63, 3.8) is 0 Å². The summed E-state index contributed by atoms with van der Waals surface area (Å²) in [7, 11) is 0. The Balaban J connectivity index is 3.00. The van der Waals surface area contributed by atoms with E-state index in [1.807, 2.05) is 0 Å². The molecule has 0 aliphatic rings.